The number of aryl methyl sites for hydroxylation is 1. The van der Waals surface area contributed by atoms with Crippen LogP contribution in [0.25, 0.3) is 0 Å². The molecule has 0 spiro atoms. The first-order chi connectivity index (χ1) is 11.4. The SMILES string of the molecule is CCOc1cc(NC(=O)c2nn(CC)cc2Cl)ccc1OC(F)F. The molecule has 0 aliphatic heterocycles. The second kappa shape index (κ2) is 7.96. The number of aromatic nitrogens is 2. The quantitative estimate of drug-likeness (QED) is 0.816. The summed E-state index contributed by atoms with van der Waals surface area (Å²) < 4.78 is 35.9. The van der Waals surface area contributed by atoms with E-state index in [-0.39, 0.29) is 28.8 Å². The molecule has 1 heterocycles. The highest BCUT2D eigenvalue weighted by molar-refractivity contribution is 6.34. The molecule has 6 nitrogen and oxygen atoms in total. The molecule has 1 amide bonds. The zero-order valence-corrected chi connectivity index (χ0v) is 13.8. The molecule has 2 rings (SSSR count). The molecule has 0 radical (unpaired) electrons. The van der Waals surface area contributed by atoms with Crippen LogP contribution in [0.5, 0.6) is 11.5 Å². The molecule has 0 aliphatic rings. The number of carbonyl (C=O) groups is 1. The van der Waals surface area contributed by atoms with Gasteiger partial charge in [-0.1, -0.05) is 11.6 Å². The van der Waals surface area contributed by atoms with Gasteiger partial charge in [0.15, 0.2) is 17.2 Å². The summed E-state index contributed by atoms with van der Waals surface area (Å²) in [5.41, 5.74) is 0.413. The maximum absolute atomic E-state index is 12.4. The third-order valence-corrected chi connectivity index (χ3v) is 3.25. The summed E-state index contributed by atoms with van der Waals surface area (Å²) in [5, 5.41) is 6.87. The van der Waals surface area contributed by atoms with E-state index in [0.717, 1.165) is 0 Å². The highest BCUT2D eigenvalue weighted by atomic mass is 35.5. The third-order valence-electron chi connectivity index (χ3n) is 2.97. The number of anilines is 1. The maximum Gasteiger partial charge on any atom is 0.387 e. The van der Waals surface area contributed by atoms with Crippen LogP contribution < -0.4 is 14.8 Å². The van der Waals surface area contributed by atoms with Gasteiger partial charge in [-0.05, 0) is 26.0 Å². The molecule has 130 valence electrons. The van der Waals surface area contributed by atoms with Crippen LogP contribution in [0.3, 0.4) is 0 Å². The lowest BCUT2D eigenvalue weighted by molar-refractivity contribution is -0.0514. The van der Waals surface area contributed by atoms with Gasteiger partial charge in [0.25, 0.3) is 5.91 Å². The largest absolute Gasteiger partial charge is 0.490 e. The Morgan fingerprint density at radius 3 is 2.71 bits per heavy atom. The van der Waals surface area contributed by atoms with Crippen molar-refractivity contribution in [1.82, 2.24) is 9.78 Å². The van der Waals surface area contributed by atoms with E-state index >= 15 is 0 Å². The summed E-state index contributed by atoms with van der Waals surface area (Å²) >= 11 is 5.98. The highest BCUT2D eigenvalue weighted by Gasteiger charge is 2.17. The fourth-order valence-electron chi connectivity index (χ4n) is 1.95. The average Bonchev–Trinajstić information content (AvgIpc) is 2.91. The molecule has 2 aromatic rings. The minimum Gasteiger partial charge on any atom is -0.490 e. The molecule has 24 heavy (non-hydrogen) atoms. The molecular formula is C15H16ClF2N3O3. The Kier molecular flexibility index (Phi) is 5.97. The number of hydrogen-bond acceptors (Lipinski definition) is 4. The van der Waals surface area contributed by atoms with E-state index in [9.17, 15) is 13.6 Å². The lowest BCUT2D eigenvalue weighted by Crippen LogP contribution is -2.14. The molecule has 0 fully saturated rings. The van der Waals surface area contributed by atoms with E-state index in [2.05, 4.69) is 15.2 Å². The molecule has 0 aliphatic carbocycles. The van der Waals surface area contributed by atoms with Crippen molar-refractivity contribution in [3.63, 3.8) is 0 Å². The normalized spacial score (nSPS) is 10.8. The van der Waals surface area contributed by atoms with Crippen molar-refractivity contribution in [3.05, 3.63) is 35.1 Å². The summed E-state index contributed by atoms with van der Waals surface area (Å²) in [4.78, 5) is 12.2. The molecule has 1 N–H and O–H groups in total. The number of alkyl halides is 2. The van der Waals surface area contributed by atoms with Gasteiger partial charge in [0, 0.05) is 24.5 Å². The van der Waals surface area contributed by atoms with Crippen LogP contribution in [-0.2, 0) is 6.54 Å². The minimum atomic E-state index is -2.97. The smallest absolute Gasteiger partial charge is 0.387 e. The Balaban J connectivity index is 2.20. The molecule has 0 unspecified atom stereocenters. The van der Waals surface area contributed by atoms with Crippen molar-refractivity contribution >= 4 is 23.2 Å². The van der Waals surface area contributed by atoms with E-state index < -0.39 is 12.5 Å². The summed E-state index contributed by atoms with van der Waals surface area (Å²) in [6.07, 6.45) is 1.54. The van der Waals surface area contributed by atoms with Crippen molar-refractivity contribution in [2.45, 2.75) is 27.0 Å². The second-order valence-electron chi connectivity index (χ2n) is 4.61. The van der Waals surface area contributed by atoms with Crippen molar-refractivity contribution in [2.75, 3.05) is 11.9 Å². The molecule has 1 aromatic carbocycles. The first-order valence-electron chi connectivity index (χ1n) is 7.20. The molecule has 1 aromatic heterocycles. The van der Waals surface area contributed by atoms with Gasteiger partial charge >= 0.3 is 6.61 Å². The van der Waals surface area contributed by atoms with E-state index in [1.54, 1.807) is 13.1 Å². The van der Waals surface area contributed by atoms with Crippen LogP contribution in [0.1, 0.15) is 24.3 Å². The molecular weight excluding hydrogens is 344 g/mol. The van der Waals surface area contributed by atoms with E-state index in [0.29, 0.717) is 12.2 Å². The van der Waals surface area contributed by atoms with Crippen LogP contribution in [0.4, 0.5) is 14.5 Å². The van der Waals surface area contributed by atoms with Gasteiger partial charge in [0.2, 0.25) is 0 Å². The van der Waals surface area contributed by atoms with Crippen molar-refractivity contribution in [3.8, 4) is 11.5 Å². The van der Waals surface area contributed by atoms with Crippen LogP contribution in [-0.4, -0.2) is 28.9 Å². The first-order valence-corrected chi connectivity index (χ1v) is 7.58. The Morgan fingerprint density at radius 1 is 1.38 bits per heavy atom. The van der Waals surface area contributed by atoms with Crippen molar-refractivity contribution in [2.24, 2.45) is 0 Å². The molecule has 9 heteroatoms. The third kappa shape index (κ3) is 4.35. The van der Waals surface area contributed by atoms with Gasteiger partial charge in [0.05, 0.1) is 11.6 Å². The van der Waals surface area contributed by atoms with Gasteiger partial charge in [-0.15, -0.1) is 0 Å². The zero-order chi connectivity index (χ0) is 17.7. The lowest BCUT2D eigenvalue weighted by Gasteiger charge is -2.13. The Labute approximate surface area is 142 Å². The van der Waals surface area contributed by atoms with E-state index in [4.69, 9.17) is 16.3 Å². The Hall–Kier alpha value is -2.35. The number of rotatable bonds is 7. The monoisotopic (exact) mass is 359 g/mol. The maximum atomic E-state index is 12.4. The average molecular weight is 360 g/mol. The van der Waals surface area contributed by atoms with E-state index in [1.165, 1.54) is 22.9 Å². The fraction of sp³-hybridized carbons (Fsp3) is 0.333. The predicted molar refractivity (Wildman–Crippen MR) is 85.1 cm³/mol. The second-order valence-corrected chi connectivity index (χ2v) is 5.02. The van der Waals surface area contributed by atoms with Crippen LogP contribution >= 0.6 is 11.6 Å². The molecule has 0 saturated carbocycles. The summed E-state index contributed by atoms with van der Waals surface area (Å²) in [7, 11) is 0. The zero-order valence-electron chi connectivity index (χ0n) is 13.1. The van der Waals surface area contributed by atoms with Gasteiger partial charge in [-0.2, -0.15) is 13.9 Å². The lowest BCUT2D eigenvalue weighted by atomic mass is 10.2. The minimum absolute atomic E-state index is 0.0735. The topological polar surface area (TPSA) is 65.4 Å². The summed E-state index contributed by atoms with van der Waals surface area (Å²) in [6.45, 7) is 1.42. The van der Waals surface area contributed by atoms with E-state index in [1.807, 2.05) is 6.92 Å². The Bertz CT molecular complexity index is 722. The number of ether oxygens (including phenoxy) is 2. The summed E-state index contributed by atoms with van der Waals surface area (Å²) in [6, 6.07) is 4.10. The van der Waals surface area contributed by atoms with Gasteiger partial charge in [0.1, 0.15) is 0 Å². The number of benzene rings is 1. The van der Waals surface area contributed by atoms with Crippen LogP contribution in [0.2, 0.25) is 5.02 Å². The molecule has 0 atom stereocenters. The standard InChI is InChI=1S/C15H16ClF2N3O3/c1-3-21-8-10(16)13(20-21)14(22)19-9-5-6-11(24-15(17)18)12(7-9)23-4-2/h5-8,15H,3-4H2,1-2H3,(H,19,22). The first kappa shape index (κ1) is 18.0. The predicted octanol–water partition coefficient (Wildman–Crippen LogP) is 3.81. The number of amides is 1. The van der Waals surface area contributed by atoms with Gasteiger partial charge in [-0.3, -0.25) is 9.48 Å². The van der Waals surface area contributed by atoms with Gasteiger partial charge < -0.3 is 14.8 Å². The number of nitrogens with one attached hydrogen (secondary N) is 1. The summed E-state index contributed by atoms with van der Waals surface area (Å²) in [5.74, 6) is -0.531. The van der Waals surface area contributed by atoms with Crippen LogP contribution in [0.15, 0.2) is 24.4 Å². The Morgan fingerprint density at radius 2 is 2.12 bits per heavy atom. The highest BCUT2D eigenvalue weighted by Crippen LogP contribution is 2.32. The molecule has 0 bridgehead atoms. The number of halogens is 3. The fourth-order valence-corrected chi connectivity index (χ4v) is 2.19. The number of nitrogens with zero attached hydrogens (tertiary/aromatic N) is 2. The number of carbonyl (C=O) groups excluding carboxylic acids is 1. The van der Waals surface area contributed by atoms with Crippen molar-refractivity contribution in [1.29, 1.82) is 0 Å². The molecule has 0 saturated heterocycles. The van der Waals surface area contributed by atoms with Crippen LogP contribution in [0, 0.1) is 0 Å². The van der Waals surface area contributed by atoms with Crippen molar-refractivity contribution < 1.29 is 23.0 Å². The number of hydrogen-bond donors (Lipinski definition) is 1. The van der Waals surface area contributed by atoms with Gasteiger partial charge in [-0.25, -0.2) is 0 Å².